The van der Waals surface area contributed by atoms with Gasteiger partial charge in [0.15, 0.2) is 0 Å². The summed E-state index contributed by atoms with van der Waals surface area (Å²) in [6, 6.07) is 0. The van der Waals surface area contributed by atoms with E-state index in [4.69, 9.17) is 11.2 Å². The third-order valence-corrected chi connectivity index (χ3v) is 1.79. The highest BCUT2D eigenvalue weighted by atomic mass is 16.5. The van der Waals surface area contributed by atoms with Gasteiger partial charge in [0.1, 0.15) is 6.10 Å². The molecular weight excluding hydrogens is 170 g/mol. The predicted octanol–water partition coefficient (Wildman–Crippen LogP) is -0.216. The highest BCUT2D eigenvalue weighted by molar-refractivity contribution is 5.80. The minimum Gasteiger partial charge on any atom is -0.460 e. The Labute approximate surface area is 76.8 Å². The van der Waals surface area contributed by atoms with E-state index in [2.05, 4.69) is 5.92 Å². The summed E-state index contributed by atoms with van der Waals surface area (Å²) in [5, 5.41) is 0. The van der Waals surface area contributed by atoms with Gasteiger partial charge in [0.2, 0.25) is 5.91 Å². The van der Waals surface area contributed by atoms with E-state index in [-0.39, 0.29) is 30.9 Å². The molecule has 1 rings (SSSR count). The molecule has 0 bridgehead atoms. The molecule has 0 spiro atoms. The van der Waals surface area contributed by atoms with Crippen molar-refractivity contribution in [1.29, 1.82) is 0 Å². The van der Waals surface area contributed by atoms with E-state index < -0.39 is 0 Å². The van der Waals surface area contributed by atoms with Crippen molar-refractivity contribution in [3.63, 3.8) is 0 Å². The molecule has 13 heavy (non-hydrogen) atoms. The van der Waals surface area contributed by atoms with Crippen LogP contribution in [-0.2, 0) is 14.3 Å². The van der Waals surface area contributed by atoms with Crippen LogP contribution in [0.3, 0.4) is 0 Å². The molecule has 1 aliphatic rings. The number of terminal acetylenes is 1. The van der Waals surface area contributed by atoms with Crippen molar-refractivity contribution in [2.45, 2.75) is 19.4 Å². The standard InChI is InChI=1S/C9H11NO3/c1-3-4-10-6-8(5-9(10)12)13-7(2)11/h1,8H,4-6H2,2H3. The first-order chi connectivity index (χ1) is 6.13. The largest absolute Gasteiger partial charge is 0.460 e. The summed E-state index contributed by atoms with van der Waals surface area (Å²) in [4.78, 5) is 23.3. The average molecular weight is 181 g/mol. The molecule has 0 aliphatic carbocycles. The Bertz CT molecular complexity index is 267. The molecule has 1 fully saturated rings. The zero-order valence-electron chi connectivity index (χ0n) is 7.45. The van der Waals surface area contributed by atoms with Crippen molar-refractivity contribution in [3.8, 4) is 12.3 Å². The van der Waals surface area contributed by atoms with Crippen LogP contribution in [0.15, 0.2) is 0 Å². The first-order valence-corrected chi connectivity index (χ1v) is 4.02. The lowest BCUT2D eigenvalue weighted by molar-refractivity contribution is -0.145. The van der Waals surface area contributed by atoms with Crippen molar-refractivity contribution in [2.75, 3.05) is 13.1 Å². The molecule has 0 radical (unpaired) electrons. The second-order valence-electron chi connectivity index (χ2n) is 2.91. The van der Waals surface area contributed by atoms with E-state index in [9.17, 15) is 9.59 Å². The van der Waals surface area contributed by atoms with Crippen LogP contribution in [0.4, 0.5) is 0 Å². The van der Waals surface area contributed by atoms with Crippen molar-refractivity contribution in [3.05, 3.63) is 0 Å². The monoisotopic (exact) mass is 181 g/mol. The fourth-order valence-corrected chi connectivity index (χ4v) is 1.31. The topological polar surface area (TPSA) is 46.6 Å². The number of rotatable bonds is 2. The quantitative estimate of drug-likeness (QED) is 0.437. The third kappa shape index (κ3) is 2.48. The lowest BCUT2D eigenvalue weighted by Gasteiger charge is -2.12. The minimum absolute atomic E-state index is 0.0517. The van der Waals surface area contributed by atoms with Gasteiger partial charge < -0.3 is 9.64 Å². The van der Waals surface area contributed by atoms with Crippen LogP contribution < -0.4 is 0 Å². The Morgan fingerprint density at radius 2 is 2.54 bits per heavy atom. The number of nitrogens with zero attached hydrogens (tertiary/aromatic N) is 1. The Balaban J connectivity index is 2.46. The molecule has 0 saturated carbocycles. The summed E-state index contributed by atoms with van der Waals surface area (Å²) in [5.41, 5.74) is 0. The zero-order valence-corrected chi connectivity index (χ0v) is 7.45. The lowest BCUT2D eigenvalue weighted by atomic mass is 10.3. The van der Waals surface area contributed by atoms with Gasteiger partial charge in [-0.3, -0.25) is 9.59 Å². The predicted molar refractivity (Wildman–Crippen MR) is 45.6 cm³/mol. The molecule has 0 aromatic carbocycles. The van der Waals surface area contributed by atoms with E-state index in [0.717, 1.165) is 0 Å². The van der Waals surface area contributed by atoms with E-state index >= 15 is 0 Å². The highest BCUT2D eigenvalue weighted by Crippen LogP contribution is 2.13. The molecule has 1 heterocycles. The van der Waals surface area contributed by atoms with Gasteiger partial charge in [0, 0.05) is 6.92 Å². The second kappa shape index (κ2) is 3.94. The Kier molecular flexibility index (Phi) is 2.91. The van der Waals surface area contributed by atoms with Crippen molar-refractivity contribution < 1.29 is 14.3 Å². The number of carbonyl (C=O) groups is 2. The molecule has 1 atom stereocenters. The van der Waals surface area contributed by atoms with E-state index in [1.807, 2.05) is 0 Å². The van der Waals surface area contributed by atoms with E-state index in [0.29, 0.717) is 6.54 Å². The van der Waals surface area contributed by atoms with E-state index in [1.165, 1.54) is 11.8 Å². The molecule has 1 aliphatic heterocycles. The third-order valence-electron chi connectivity index (χ3n) is 1.79. The highest BCUT2D eigenvalue weighted by Gasteiger charge is 2.30. The van der Waals surface area contributed by atoms with Crippen LogP contribution in [0, 0.1) is 12.3 Å². The molecule has 0 N–H and O–H groups in total. The average Bonchev–Trinajstić information content (AvgIpc) is 2.31. The maximum Gasteiger partial charge on any atom is 0.302 e. The van der Waals surface area contributed by atoms with Crippen molar-refractivity contribution >= 4 is 11.9 Å². The molecule has 4 heteroatoms. The maximum atomic E-state index is 11.2. The number of hydrogen-bond acceptors (Lipinski definition) is 3. The molecular formula is C9H11NO3. The summed E-state index contributed by atoms with van der Waals surface area (Å²) in [6.45, 7) is 2.04. The molecule has 70 valence electrons. The molecule has 4 nitrogen and oxygen atoms in total. The van der Waals surface area contributed by atoms with Crippen LogP contribution in [-0.4, -0.2) is 36.0 Å². The van der Waals surface area contributed by atoms with Gasteiger partial charge in [0.25, 0.3) is 0 Å². The van der Waals surface area contributed by atoms with Gasteiger partial charge in [0.05, 0.1) is 19.5 Å². The SMILES string of the molecule is C#CCN1CC(OC(C)=O)CC1=O. The Hall–Kier alpha value is -1.50. The molecule has 1 amide bonds. The van der Waals surface area contributed by atoms with Crippen LogP contribution in [0.1, 0.15) is 13.3 Å². The first-order valence-electron chi connectivity index (χ1n) is 4.02. The summed E-state index contributed by atoms with van der Waals surface area (Å²) in [5.74, 6) is 1.97. The van der Waals surface area contributed by atoms with Crippen molar-refractivity contribution in [1.82, 2.24) is 4.90 Å². The number of ether oxygens (including phenoxy) is 1. The lowest BCUT2D eigenvalue weighted by Crippen LogP contribution is -2.27. The van der Waals surface area contributed by atoms with Crippen molar-refractivity contribution in [2.24, 2.45) is 0 Å². The number of carbonyl (C=O) groups excluding carboxylic acids is 2. The fourth-order valence-electron chi connectivity index (χ4n) is 1.31. The molecule has 1 saturated heterocycles. The second-order valence-corrected chi connectivity index (χ2v) is 2.91. The number of hydrogen-bond donors (Lipinski definition) is 0. The first kappa shape index (κ1) is 9.59. The van der Waals surface area contributed by atoms with Crippen LogP contribution in [0.5, 0.6) is 0 Å². The van der Waals surface area contributed by atoms with Gasteiger partial charge >= 0.3 is 5.97 Å². The van der Waals surface area contributed by atoms with Crippen LogP contribution in [0.2, 0.25) is 0 Å². The minimum atomic E-state index is -0.361. The van der Waals surface area contributed by atoms with Gasteiger partial charge in [-0.25, -0.2) is 0 Å². The van der Waals surface area contributed by atoms with Gasteiger partial charge in [-0.15, -0.1) is 6.42 Å². The normalized spacial score (nSPS) is 21.4. The Morgan fingerprint density at radius 1 is 1.85 bits per heavy atom. The summed E-state index contributed by atoms with van der Waals surface area (Å²) >= 11 is 0. The van der Waals surface area contributed by atoms with Gasteiger partial charge in [-0.05, 0) is 0 Å². The number of esters is 1. The number of likely N-dealkylation sites (tertiary alicyclic amines) is 1. The Morgan fingerprint density at radius 3 is 3.08 bits per heavy atom. The number of amides is 1. The van der Waals surface area contributed by atoms with Gasteiger partial charge in [-0.2, -0.15) is 0 Å². The van der Waals surface area contributed by atoms with E-state index in [1.54, 1.807) is 0 Å². The fraction of sp³-hybridized carbons (Fsp3) is 0.556. The molecule has 0 aromatic heterocycles. The molecule has 1 unspecified atom stereocenters. The van der Waals surface area contributed by atoms with Crippen LogP contribution >= 0.6 is 0 Å². The maximum absolute atomic E-state index is 11.2. The summed E-state index contributed by atoms with van der Waals surface area (Å²) in [6.07, 6.45) is 5.00. The molecule has 0 aromatic rings. The van der Waals surface area contributed by atoms with Gasteiger partial charge in [-0.1, -0.05) is 5.92 Å². The summed E-state index contributed by atoms with van der Waals surface area (Å²) < 4.78 is 4.89. The smallest absolute Gasteiger partial charge is 0.302 e. The van der Waals surface area contributed by atoms with Crippen LogP contribution in [0.25, 0.3) is 0 Å². The zero-order chi connectivity index (χ0) is 9.84. The summed E-state index contributed by atoms with van der Waals surface area (Å²) in [7, 11) is 0.